The fraction of sp³-hybridized carbons (Fsp3) is 0.976. The molecule has 12 heterocycles. The molecule has 0 aromatic heterocycles. The number of nitrogens with two attached hydrogens (primary N) is 2. The van der Waals surface area contributed by atoms with E-state index in [1.165, 1.54) is 27.7 Å². The lowest BCUT2D eigenvalue weighted by Crippen LogP contribution is -2.68. The number of aliphatic hydroxyl groups is 32. The second kappa shape index (κ2) is 50.5. The molecule has 12 aliphatic heterocycles. The molecule has 38 N–H and O–H groups in total. The van der Waals surface area contributed by atoms with Gasteiger partial charge in [-0.15, -0.1) is 0 Å². The van der Waals surface area contributed by atoms with Crippen molar-refractivity contribution in [3.8, 4) is 0 Å². The lowest BCUT2D eigenvalue weighted by atomic mass is 9.88. The van der Waals surface area contributed by atoms with Gasteiger partial charge in [-0.3, -0.25) is 0 Å². The molecule has 144 heavy (non-hydrogen) atoms. The fourth-order valence-electron chi connectivity index (χ4n) is 19.3. The van der Waals surface area contributed by atoms with E-state index < -0.39 is 476 Å². The maximum absolute atomic E-state index is 12.9. The van der Waals surface area contributed by atoms with E-state index in [1.54, 1.807) is 13.8 Å². The zero-order valence-electron chi connectivity index (χ0n) is 78.4. The van der Waals surface area contributed by atoms with Gasteiger partial charge < -0.3 is 294 Å². The summed E-state index contributed by atoms with van der Waals surface area (Å²) < 4.78 is 138. The normalized spacial score (nSPS) is 51.5. The first-order valence-electron chi connectivity index (χ1n) is 47.1. The molecule has 0 amide bonds. The van der Waals surface area contributed by atoms with Crippen LogP contribution >= 0.6 is 0 Å². The maximum Gasteiger partial charge on any atom is 0.364 e. The maximum atomic E-state index is 12.9. The second-order valence-electron chi connectivity index (χ2n) is 38.6. The van der Waals surface area contributed by atoms with Gasteiger partial charge in [0.15, 0.2) is 56.6 Å². The predicted octanol–water partition coefficient (Wildman–Crippen LogP) is -21.6. The van der Waals surface area contributed by atoms with E-state index in [-0.39, 0.29) is 0 Å². The molecule has 61 nitrogen and oxygen atoms in total. The molecule has 0 aromatic rings. The number of carbonyl (C=O) groups is 2. The van der Waals surface area contributed by atoms with E-state index in [2.05, 4.69) is 0 Å². The highest BCUT2D eigenvalue weighted by molar-refractivity contribution is 5.76. The average Bonchev–Trinajstić information content (AvgIpc) is 0.768. The minimum absolute atomic E-state index is 0.529. The van der Waals surface area contributed by atoms with E-state index in [1.807, 2.05) is 0 Å². The number of aliphatic carboxylic acids is 2. The number of rotatable bonds is 39. The van der Waals surface area contributed by atoms with Gasteiger partial charge in [0.1, 0.15) is 226 Å². The summed E-state index contributed by atoms with van der Waals surface area (Å²) in [6.45, 7) is -3.46. The van der Waals surface area contributed by atoms with E-state index in [4.69, 9.17) is 120 Å². The van der Waals surface area contributed by atoms with Gasteiger partial charge in [0.2, 0.25) is 0 Å². The molecule has 0 spiro atoms. The van der Waals surface area contributed by atoms with Crippen LogP contribution in [0.25, 0.3) is 0 Å². The molecule has 12 saturated heterocycles. The number of aliphatic hydroxyl groups excluding tert-OH is 32. The monoisotopic (exact) mass is 2110 g/mol. The number of carboxylic acid groups (broad SMARTS) is 2. The van der Waals surface area contributed by atoms with Gasteiger partial charge >= 0.3 is 11.9 Å². The van der Waals surface area contributed by atoms with Gasteiger partial charge in [-0.1, -0.05) is 27.7 Å². The Bertz CT molecular complexity index is 3940. The molecule has 23 unspecified atom stereocenters. The van der Waals surface area contributed by atoms with Crippen LogP contribution in [0.3, 0.4) is 0 Å². The van der Waals surface area contributed by atoms with Crippen LogP contribution in [0.5, 0.6) is 0 Å². The molecule has 0 saturated carbocycles. The Morgan fingerprint density at radius 2 is 0.583 bits per heavy atom. The predicted molar refractivity (Wildman–Crippen MR) is 448 cm³/mol. The van der Waals surface area contributed by atoms with Crippen molar-refractivity contribution in [3.05, 3.63) is 0 Å². The SMILES string of the molecule is CC1C(O)[C@H](O[C@@H]2OC(CO[C@H]3OC(CO)[C@@H](O)C(O)[C@H]3O[C@@H]3O[C@@H](CO)[C@@H](O[C@@H]4OC(CO[C@]5(C(=O)O)C[C@@H](O)[C@@H](N)C([C@H](O)[C@H](O)CO)O5)[C@H](O)C(O)[C@@H]4O)C(O)C3C)[C@@H](O)C(O[C@H]3O[C@H](CO)[C@@H](O)C(O)C3O[C@@H]3OC(CO)[C@@H](O[C@@H]4OC(CO[C@]5(C(=O)O)C[C@@H](O)[C@@H](N)C([C@H](O)[C@H](O)CO)O5)[C@H](O)C(O)[C@@H]4O)C(O)[C@@H]3C)[C@H]2O)C(CO)O[C@H]1O[C@@H]1C(CO[C@@H]2O[C@@H](C)[C@@H](O)C(O)C2O)O[C@@H](C)[C@@H](C)C1O. The highest BCUT2D eigenvalue weighted by Gasteiger charge is 2.64. The summed E-state index contributed by atoms with van der Waals surface area (Å²) in [7, 11) is 0. The molecule has 0 aliphatic carbocycles. The number of hydrogen-bond donors (Lipinski definition) is 36. The van der Waals surface area contributed by atoms with Crippen molar-refractivity contribution in [1.82, 2.24) is 0 Å². The number of hydrogen-bond acceptors (Lipinski definition) is 59. The Balaban J connectivity index is 0.791. The summed E-state index contributed by atoms with van der Waals surface area (Å²) in [4.78, 5) is 25.7. The summed E-state index contributed by atoms with van der Waals surface area (Å²) in [6.07, 6.45) is -108. The quantitative estimate of drug-likeness (QED) is 0.0272. The molecule has 12 rings (SSSR count). The van der Waals surface area contributed by atoms with Crippen LogP contribution in [0.2, 0.25) is 0 Å². The Morgan fingerprint density at radius 3 is 0.972 bits per heavy atom. The first-order chi connectivity index (χ1) is 67.8. The van der Waals surface area contributed by atoms with Gasteiger partial charge in [-0.25, -0.2) is 9.59 Å². The van der Waals surface area contributed by atoms with Crippen molar-refractivity contribution < 1.29 is 292 Å². The van der Waals surface area contributed by atoms with Crippen molar-refractivity contribution >= 4 is 11.9 Å². The second-order valence-corrected chi connectivity index (χ2v) is 38.6. The van der Waals surface area contributed by atoms with Gasteiger partial charge in [0.25, 0.3) is 11.6 Å². The molecular weight excluding hydrogens is 1970 g/mol. The Morgan fingerprint density at radius 1 is 0.285 bits per heavy atom. The van der Waals surface area contributed by atoms with Crippen LogP contribution in [0.15, 0.2) is 0 Å². The summed E-state index contributed by atoms with van der Waals surface area (Å²) in [5.41, 5.74) is 12.0. The van der Waals surface area contributed by atoms with Crippen molar-refractivity contribution in [3.63, 3.8) is 0 Å². The van der Waals surface area contributed by atoms with E-state index in [9.17, 15) is 183 Å². The highest BCUT2D eigenvalue weighted by Crippen LogP contribution is 2.45. The molecule has 0 bridgehead atoms. The van der Waals surface area contributed by atoms with Crippen molar-refractivity contribution in [1.29, 1.82) is 0 Å². The molecular formula is C83H142N2O59. The lowest BCUT2D eigenvalue weighted by molar-refractivity contribution is -0.402. The summed E-state index contributed by atoms with van der Waals surface area (Å²) in [6, 6.07) is -3.19. The van der Waals surface area contributed by atoms with E-state index in [0.29, 0.717) is 0 Å². The van der Waals surface area contributed by atoms with Crippen LogP contribution in [0.1, 0.15) is 54.4 Å². The summed E-state index contributed by atoms with van der Waals surface area (Å²) in [5, 5.41) is 378. The van der Waals surface area contributed by atoms with Crippen LogP contribution < -0.4 is 11.5 Å². The van der Waals surface area contributed by atoms with Gasteiger partial charge in [-0.2, -0.15) is 0 Å². The third-order valence-electron chi connectivity index (χ3n) is 28.9. The van der Waals surface area contributed by atoms with Gasteiger partial charge in [0.05, 0.1) is 134 Å². The Hall–Kier alpha value is -3.34. The standard InChI is InChI=1S/C83H142N2O59/c1-20-24(5)126-38(17-122-74-58(114)53(109)45(101)25(6)127-74)65(41(20)97)136-71-21(2)42(98)64(34(15-92)130-71)139-77-61(117)68(140-79-70(57(113)49(105)31(12-89)129-79)142-73-23(4)44(100)63(33(14-91)132-73)138-76-60(116)55(111)51(107)37(135-76)19-125-83(81(120)121)8-27(94)40(85)67(144-83)47(103)29(96)10-87)52(108)35(133-77)16-123-78-69(56(112)48(104)30(11-88)128-78)141-72-22(3)43(99)62(32(13-90)131-72)137-75-59(115)54(110)50(106)36(134-75)18-124-82(80(118)119)7-26(93)39(84)66(143-82)46(102)28(95)9-86/h20-79,86-117H,7-19,84-85H2,1-6H3,(H,118,119)(H,120,121)/t20-,21?,22?,23+,24+,25+,26-,27-,28-,29-,30?,31-,32+,33?,34?,35?,36?,37?,38?,39-,40-,41?,42?,43?,44?,45-,46-,47-,48-,49-,50+,51+,52-,53?,54?,55?,56?,57?,58?,59+,60+,61-,62-,63-,64-,65-,66?,67?,68?,69-,70?,71+,72+,73+,74-,75+,76+,77+,78+,79-,82-,83-/m1/s1. The molecule has 12 fully saturated rings. The minimum atomic E-state index is -2.98. The third-order valence-corrected chi connectivity index (χ3v) is 28.9. The molecule has 0 aromatic carbocycles. The van der Waals surface area contributed by atoms with E-state index in [0.717, 1.165) is 0 Å². The van der Waals surface area contributed by atoms with Gasteiger partial charge in [0, 0.05) is 36.5 Å². The van der Waals surface area contributed by atoms with Crippen LogP contribution in [-0.4, -0.2) is 613 Å². The highest BCUT2D eigenvalue weighted by atomic mass is 16.8. The number of ether oxygens (including phenoxy) is 23. The zero-order chi connectivity index (χ0) is 106. The molecule has 0 radical (unpaired) electrons. The zero-order valence-corrected chi connectivity index (χ0v) is 78.4. The Kier molecular flexibility index (Phi) is 41.8. The van der Waals surface area contributed by atoms with Crippen molar-refractivity contribution in [2.45, 2.75) is 409 Å². The summed E-state index contributed by atoms with van der Waals surface area (Å²) >= 11 is 0. The van der Waals surface area contributed by atoms with Crippen LogP contribution in [-0.2, 0) is 119 Å². The topological polar surface area (TPSA) is 986 Å². The molecule has 12 aliphatic rings. The number of carboxylic acids is 2. The Labute approximate surface area is 818 Å². The first kappa shape index (κ1) is 119. The average molecular weight is 2110 g/mol. The van der Waals surface area contributed by atoms with Crippen molar-refractivity contribution in [2.75, 3.05) is 72.7 Å². The lowest BCUT2D eigenvalue weighted by Gasteiger charge is -2.51. The molecule has 61 heteroatoms. The largest absolute Gasteiger partial charge is 0.477 e. The first-order valence-corrected chi connectivity index (χ1v) is 47.1. The molecule has 838 valence electrons. The van der Waals surface area contributed by atoms with Crippen LogP contribution in [0, 0.1) is 23.7 Å². The minimum Gasteiger partial charge on any atom is -0.477 e. The fourth-order valence-corrected chi connectivity index (χ4v) is 19.3. The van der Waals surface area contributed by atoms with E-state index >= 15 is 0 Å². The van der Waals surface area contributed by atoms with Gasteiger partial charge in [-0.05, 0) is 13.8 Å². The molecule has 62 atom stereocenters. The van der Waals surface area contributed by atoms with Crippen LogP contribution in [0.4, 0.5) is 0 Å². The third kappa shape index (κ3) is 24.9. The smallest absolute Gasteiger partial charge is 0.364 e. The van der Waals surface area contributed by atoms with Crippen molar-refractivity contribution in [2.24, 2.45) is 35.1 Å². The summed E-state index contributed by atoms with van der Waals surface area (Å²) in [5.74, 6) is -15.0.